The van der Waals surface area contributed by atoms with Gasteiger partial charge in [-0.3, -0.25) is 0 Å². The number of nitrogens with one attached hydrogen (secondary N) is 1. The van der Waals surface area contributed by atoms with Gasteiger partial charge in [0.05, 0.1) is 18.3 Å². The largest absolute Gasteiger partial charge is 0.481 e. The van der Waals surface area contributed by atoms with Crippen LogP contribution in [-0.2, 0) is 6.54 Å². The highest BCUT2D eigenvalue weighted by Crippen LogP contribution is 2.23. The number of nitrogens with zero attached hydrogens (tertiary/aromatic N) is 4. The minimum Gasteiger partial charge on any atom is -0.481 e. The van der Waals surface area contributed by atoms with E-state index in [-0.39, 0.29) is 0 Å². The van der Waals surface area contributed by atoms with Crippen molar-refractivity contribution in [3.8, 4) is 5.88 Å². The molecule has 4 rings (SSSR count). The topological polar surface area (TPSA) is 64.3 Å². The van der Waals surface area contributed by atoms with E-state index in [2.05, 4.69) is 21.5 Å². The van der Waals surface area contributed by atoms with Crippen molar-refractivity contribution >= 4 is 22.4 Å². The normalized spacial score (nSPS) is 11.1. The number of rotatable bonds is 4. The van der Waals surface area contributed by atoms with Crippen molar-refractivity contribution in [2.75, 3.05) is 12.4 Å². The Morgan fingerprint density at radius 2 is 2.04 bits per heavy atom. The van der Waals surface area contributed by atoms with Gasteiger partial charge in [-0.1, -0.05) is 18.2 Å². The van der Waals surface area contributed by atoms with Crippen LogP contribution in [0.1, 0.15) is 11.3 Å². The predicted molar refractivity (Wildman–Crippen MR) is 93.3 cm³/mol. The molecule has 0 spiro atoms. The number of anilines is 1. The molecule has 0 unspecified atom stereocenters. The van der Waals surface area contributed by atoms with Crippen molar-refractivity contribution in [1.82, 2.24) is 19.6 Å². The summed E-state index contributed by atoms with van der Waals surface area (Å²) in [7, 11) is 1.61. The van der Waals surface area contributed by atoms with E-state index >= 15 is 0 Å². The van der Waals surface area contributed by atoms with Crippen molar-refractivity contribution in [2.45, 2.75) is 13.5 Å². The third-order valence-corrected chi connectivity index (χ3v) is 3.89. The van der Waals surface area contributed by atoms with E-state index in [0.29, 0.717) is 12.4 Å². The monoisotopic (exact) mass is 319 g/mol. The van der Waals surface area contributed by atoms with E-state index in [0.717, 1.165) is 33.6 Å². The van der Waals surface area contributed by atoms with Gasteiger partial charge in [0.15, 0.2) is 5.65 Å². The average molecular weight is 319 g/mol. The number of benzene rings is 1. The Hall–Kier alpha value is -3.15. The maximum atomic E-state index is 5.09. The second-order valence-electron chi connectivity index (χ2n) is 5.60. The van der Waals surface area contributed by atoms with E-state index in [9.17, 15) is 0 Å². The molecule has 0 bridgehead atoms. The molecule has 6 nitrogen and oxygen atoms in total. The zero-order valence-corrected chi connectivity index (χ0v) is 13.5. The molecule has 0 amide bonds. The fourth-order valence-corrected chi connectivity index (χ4v) is 2.73. The maximum Gasteiger partial charge on any atom is 0.212 e. The van der Waals surface area contributed by atoms with Crippen LogP contribution in [0.2, 0.25) is 0 Å². The summed E-state index contributed by atoms with van der Waals surface area (Å²) in [5, 5.41) is 8.97. The lowest BCUT2D eigenvalue weighted by Crippen LogP contribution is -2.05. The van der Waals surface area contributed by atoms with Gasteiger partial charge in [-0.05, 0) is 24.6 Å². The smallest absolute Gasteiger partial charge is 0.212 e. The first-order valence-electron chi connectivity index (χ1n) is 7.72. The van der Waals surface area contributed by atoms with Crippen LogP contribution in [0.25, 0.3) is 16.6 Å². The SMILES string of the molecule is COc1ccc(CNc2nc3cc(C)nn3c3ccccc23)cn1. The molecule has 24 heavy (non-hydrogen) atoms. The number of aromatic nitrogens is 4. The van der Waals surface area contributed by atoms with E-state index in [1.165, 1.54) is 0 Å². The van der Waals surface area contributed by atoms with Gasteiger partial charge in [0.2, 0.25) is 5.88 Å². The van der Waals surface area contributed by atoms with Gasteiger partial charge in [0.1, 0.15) is 5.82 Å². The number of aryl methyl sites for hydroxylation is 1. The number of pyridine rings is 1. The van der Waals surface area contributed by atoms with Crippen LogP contribution in [0.3, 0.4) is 0 Å². The first kappa shape index (κ1) is 14.4. The molecular formula is C18H17N5O. The van der Waals surface area contributed by atoms with Crippen LogP contribution in [-0.4, -0.2) is 26.7 Å². The van der Waals surface area contributed by atoms with Crippen molar-refractivity contribution in [2.24, 2.45) is 0 Å². The van der Waals surface area contributed by atoms with Crippen molar-refractivity contribution in [3.05, 3.63) is 59.9 Å². The van der Waals surface area contributed by atoms with Crippen molar-refractivity contribution in [1.29, 1.82) is 0 Å². The van der Waals surface area contributed by atoms with Gasteiger partial charge >= 0.3 is 0 Å². The highest BCUT2D eigenvalue weighted by molar-refractivity contribution is 5.91. The first-order chi connectivity index (χ1) is 11.7. The molecule has 0 radical (unpaired) electrons. The fourth-order valence-electron chi connectivity index (χ4n) is 2.73. The number of ether oxygens (including phenoxy) is 1. The van der Waals surface area contributed by atoms with Gasteiger partial charge in [0, 0.05) is 30.3 Å². The first-order valence-corrected chi connectivity index (χ1v) is 7.72. The number of hydrogen-bond donors (Lipinski definition) is 1. The summed E-state index contributed by atoms with van der Waals surface area (Å²) in [6.45, 7) is 2.61. The highest BCUT2D eigenvalue weighted by atomic mass is 16.5. The summed E-state index contributed by atoms with van der Waals surface area (Å²) in [6, 6.07) is 13.9. The Morgan fingerprint density at radius 3 is 2.83 bits per heavy atom. The predicted octanol–water partition coefficient (Wildman–Crippen LogP) is 3.21. The van der Waals surface area contributed by atoms with E-state index in [1.54, 1.807) is 13.3 Å². The van der Waals surface area contributed by atoms with E-state index in [4.69, 9.17) is 9.72 Å². The van der Waals surface area contributed by atoms with E-state index in [1.807, 2.05) is 47.8 Å². The summed E-state index contributed by atoms with van der Waals surface area (Å²) in [6.07, 6.45) is 1.80. The van der Waals surface area contributed by atoms with Crippen LogP contribution in [0.5, 0.6) is 5.88 Å². The van der Waals surface area contributed by atoms with Crippen LogP contribution in [0, 0.1) is 6.92 Å². The highest BCUT2D eigenvalue weighted by Gasteiger charge is 2.09. The number of para-hydroxylation sites is 1. The molecule has 6 heteroatoms. The van der Waals surface area contributed by atoms with Gasteiger partial charge in [-0.25, -0.2) is 14.5 Å². The summed E-state index contributed by atoms with van der Waals surface area (Å²) in [5.41, 5.74) is 3.88. The number of hydrogen-bond acceptors (Lipinski definition) is 5. The molecule has 0 aliphatic heterocycles. The lowest BCUT2D eigenvalue weighted by Gasteiger charge is -2.10. The molecule has 0 fully saturated rings. The minimum atomic E-state index is 0.610. The second kappa shape index (κ2) is 5.81. The zero-order valence-electron chi connectivity index (χ0n) is 13.5. The molecule has 0 aliphatic rings. The average Bonchev–Trinajstić information content (AvgIpc) is 3.00. The Labute approximate surface area is 139 Å². The van der Waals surface area contributed by atoms with E-state index < -0.39 is 0 Å². The Kier molecular flexibility index (Phi) is 3.49. The van der Waals surface area contributed by atoms with Crippen molar-refractivity contribution < 1.29 is 4.74 Å². The minimum absolute atomic E-state index is 0.610. The van der Waals surface area contributed by atoms with Gasteiger partial charge in [-0.2, -0.15) is 5.10 Å². The molecule has 3 aromatic heterocycles. The zero-order chi connectivity index (χ0) is 16.5. The molecule has 1 N–H and O–H groups in total. The quantitative estimate of drug-likeness (QED) is 0.626. The number of methoxy groups -OCH3 is 1. The van der Waals surface area contributed by atoms with Gasteiger partial charge in [-0.15, -0.1) is 0 Å². The van der Waals surface area contributed by atoms with Crippen LogP contribution in [0.15, 0.2) is 48.7 Å². The van der Waals surface area contributed by atoms with Crippen LogP contribution >= 0.6 is 0 Å². The molecular weight excluding hydrogens is 302 g/mol. The molecule has 4 aromatic rings. The molecule has 120 valence electrons. The lowest BCUT2D eigenvalue weighted by molar-refractivity contribution is 0.397. The Balaban J connectivity index is 1.71. The van der Waals surface area contributed by atoms with Gasteiger partial charge in [0.25, 0.3) is 0 Å². The third kappa shape index (κ3) is 2.52. The summed E-state index contributed by atoms with van der Waals surface area (Å²) in [4.78, 5) is 8.95. The fraction of sp³-hybridized carbons (Fsp3) is 0.167. The van der Waals surface area contributed by atoms with Gasteiger partial charge < -0.3 is 10.1 Å². The number of fused-ring (bicyclic) bond motifs is 3. The maximum absolute atomic E-state index is 5.09. The Bertz CT molecular complexity index is 1010. The molecule has 1 aromatic carbocycles. The lowest BCUT2D eigenvalue weighted by atomic mass is 10.2. The Morgan fingerprint density at radius 1 is 1.17 bits per heavy atom. The molecule has 0 atom stereocenters. The molecule has 0 saturated heterocycles. The molecule has 3 heterocycles. The summed E-state index contributed by atoms with van der Waals surface area (Å²) in [5.74, 6) is 1.45. The molecule has 0 saturated carbocycles. The summed E-state index contributed by atoms with van der Waals surface area (Å²) < 4.78 is 6.97. The van der Waals surface area contributed by atoms with Crippen LogP contribution in [0.4, 0.5) is 5.82 Å². The summed E-state index contributed by atoms with van der Waals surface area (Å²) >= 11 is 0. The van der Waals surface area contributed by atoms with Crippen molar-refractivity contribution in [3.63, 3.8) is 0 Å². The third-order valence-electron chi connectivity index (χ3n) is 3.89. The standard InChI is InChI=1S/C18H17N5O/c1-12-9-16-21-18(14-5-3-4-6-15(14)23(16)22-12)20-11-13-7-8-17(24-2)19-10-13/h3-10H,11H2,1-2H3,(H,20,21). The van der Waals surface area contributed by atoms with Crippen LogP contribution < -0.4 is 10.1 Å². The second-order valence-corrected chi connectivity index (χ2v) is 5.60. The molecule has 0 aliphatic carbocycles.